The molecule has 1 saturated carbocycles. The van der Waals surface area contributed by atoms with E-state index in [9.17, 15) is 9.59 Å². The van der Waals surface area contributed by atoms with E-state index in [2.05, 4.69) is 5.32 Å². The Balaban J connectivity index is 1.51. The van der Waals surface area contributed by atoms with Crippen molar-refractivity contribution < 1.29 is 14.3 Å². The van der Waals surface area contributed by atoms with Crippen molar-refractivity contribution >= 4 is 35.1 Å². The molecule has 6 heteroatoms. The summed E-state index contributed by atoms with van der Waals surface area (Å²) in [7, 11) is 0. The van der Waals surface area contributed by atoms with Crippen molar-refractivity contribution in [1.29, 1.82) is 0 Å². The number of rotatable bonds is 6. The molecule has 0 heterocycles. The van der Waals surface area contributed by atoms with Crippen molar-refractivity contribution in [3.05, 3.63) is 69.7 Å². The summed E-state index contributed by atoms with van der Waals surface area (Å²) in [5, 5.41) is 3.90. The third kappa shape index (κ3) is 4.14. The fourth-order valence-electron chi connectivity index (χ4n) is 2.66. The zero-order valence-electron chi connectivity index (χ0n) is 13.4. The van der Waals surface area contributed by atoms with Crippen molar-refractivity contribution in [2.45, 2.75) is 24.8 Å². The summed E-state index contributed by atoms with van der Waals surface area (Å²) < 4.78 is 5.22. The lowest BCUT2D eigenvalue weighted by molar-refractivity contribution is -0.151. The fourth-order valence-corrected chi connectivity index (χ4v) is 2.99. The number of amides is 1. The topological polar surface area (TPSA) is 55.4 Å². The van der Waals surface area contributed by atoms with Crippen LogP contribution in [0.4, 0.5) is 0 Å². The molecule has 1 aliphatic carbocycles. The highest BCUT2D eigenvalue weighted by atomic mass is 35.5. The van der Waals surface area contributed by atoms with E-state index in [1.54, 1.807) is 18.2 Å². The lowest BCUT2D eigenvalue weighted by Gasteiger charge is -2.15. The molecule has 1 N–H and O–H groups in total. The van der Waals surface area contributed by atoms with Crippen LogP contribution in [0, 0.1) is 0 Å². The first-order valence-corrected chi connectivity index (χ1v) is 8.70. The summed E-state index contributed by atoms with van der Waals surface area (Å²) in [6.07, 6.45) is 1.43. The van der Waals surface area contributed by atoms with E-state index in [-0.39, 0.29) is 18.5 Å². The van der Waals surface area contributed by atoms with Gasteiger partial charge in [0, 0.05) is 16.6 Å². The molecule has 0 atom stereocenters. The molecule has 0 radical (unpaired) electrons. The maximum absolute atomic E-state index is 12.4. The molecule has 2 aromatic carbocycles. The van der Waals surface area contributed by atoms with Crippen LogP contribution in [0.5, 0.6) is 0 Å². The Bertz CT molecular complexity index is 786. The third-order valence-electron chi connectivity index (χ3n) is 4.31. The summed E-state index contributed by atoms with van der Waals surface area (Å²) in [5.74, 6) is -0.733. The molecule has 3 rings (SSSR count). The van der Waals surface area contributed by atoms with Gasteiger partial charge >= 0.3 is 5.97 Å². The van der Waals surface area contributed by atoms with E-state index >= 15 is 0 Å². The number of esters is 1. The predicted molar refractivity (Wildman–Crippen MR) is 96.6 cm³/mol. The van der Waals surface area contributed by atoms with Gasteiger partial charge in [0.1, 0.15) is 0 Å². The summed E-state index contributed by atoms with van der Waals surface area (Å²) in [4.78, 5) is 24.3. The smallest absolute Gasteiger partial charge is 0.317 e. The molecule has 4 nitrogen and oxygen atoms in total. The van der Waals surface area contributed by atoms with Crippen LogP contribution in [0.15, 0.2) is 48.5 Å². The van der Waals surface area contributed by atoms with E-state index in [1.807, 2.05) is 30.3 Å². The van der Waals surface area contributed by atoms with Crippen molar-refractivity contribution in [2.75, 3.05) is 6.61 Å². The zero-order chi connectivity index (χ0) is 17.9. The summed E-state index contributed by atoms with van der Waals surface area (Å²) in [6.45, 7) is -0.0169. The number of ether oxygens (including phenoxy) is 1. The molecule has 0 aromatic heterocycles. The highest BCUT2D eigenvalue weighted by Crippen LogP contribution is 2.49. The van der Waals surface area contributed by atoms with Crippen LogP contribution >= 0.6 is 23.2 Å². The van der Waals surface area contributed by atoms with E-state index in [0.29, 0.717) is 29.4 Å². The van der Waals surface area contributed by atoms with Gasteiger partial charge in [-0.05, 0) is 42.2 Å². The van der Waals surface area contributed by atoms with Gasteiger partial charge in [-0.25, -0.2) is 0 Å². The predicted octanol–water partition coefficient (Wildman–Crippen LogP) is 3.88. The molecule has 0 bridgehead atoms. The minimum absolute atomic E-state index is 0.290. The second kappa shape index (κ2) is 7.46. The molecule has 25 heavy (non-hydrogen) atoms. The Hall–Kier alpha value is -2.04. The molecule has 1 aliphatic rings. The molecule has 130 valence electrons. The van der Waals surface area contributed by atoms with Crippen LogP contribution < -0.4 is 5.32 Å². The Labute approximate surface area is 156 Å². The summed E-state index contributed by atoms with van der Waals surface area (Å²) in [5.41, 5.74) is 1.05. The summed E-state index contributed by atoms with van der Waals surface area (Å²) in [6, 6.07) is 14.4. The first-order chi connectivity index (χ1) is 12.0. The van der Waals surface area contributed by atoms with Gasteiger partial charge in [-0.2, -0.15) is 0 Å². The number of carbonyl (C=O) groups excluding carboxylic acids is 2. The monoisotopic (exact) mass is 377 g/mol. The molecule has 1 fully saturated rings. The average Bonchev–Trinajstić information content (AvgIpc) is 3.41. The van der Waals surface area contributed by atoms with Gasteiger partial charge in [-0.1, -0.05) is 53.5 Å². The third-order valence-corrected chi connectivity index (χ3v) is 4.93. The molecule has 0 aliphatic heterocycles. The van der Waals surface area contributed by atoms with Gasteiger partial charge < -0.3 is 10.1 Å². The van der Waals surface area contributed by atoms with Gasteiger partial charge in [0.2, 0.25) is 0 Å². The van der Waals surface area contributed by atoms with Crippen LogP contribution in [0.1, 0.15) is 24.0 Å². The van der Waals surface area contributed by atoms with Crippen LogP contribution in [-0.4, -0.2) is 18.5 Å². The first kappa shape index (κ1) is 17.8. The highest BCUT2D eigenvalue weighted by Gasteiger charge is 2.52. The quantitative estimate of drug-likeness (QED) is 0.777. The van der Waals surface area contributed by atoms with E-state index in [1.165, 1.54) is 0 Å². The summed E-state index contributed by atoms with van der Waals surface area (Å²) >= 11 is 11.9. The van der Waals surface area contributed by atoms with Gasteiger partial charge in [0.15, 0.2) is 6.61 Å². The minimum atomic E-state index is -0.631. The zero-order valence-corrected chi connectivity index (χ0v) is 14.9. The molecule has 0 saturated heterocycles. The van der Waals surface area contributed by atoms with Gasteiger partial charge in [-0.3, -0.25) is 9.59 Å². The standard InChI is InChI=1S/C19H17Cl2NO3/c20-15-7-5-14(6-8-15)19(9-10-19)18(24)25-12-17(23)22-11-13-3-1-2-4-16(13)21/h1-8H,9-12H2,(H,22,23). The average molecular weight is 378 g/mol. The Morgan fingerprint density at radius 1 is 1.04 bits per heavy atom. The second-order valence-corrected chi connectivity index (χ2v) is 6.88. The first-order valence-electron chi connectivity index (χ1n) is 7.95. The second-order valence-electron chi connectivity index (χ2n) is 6.03. The SMILES string of the molecule is O=C(COC(=O)C1(c2ccc(Cl)cc2)CC1)NCc1ccccc1Cl. The van der Waals surface area contributed by atoms with E-state index in [4.69, 9.17) is 27.9 Å². The normalized spacial score (nSPS) is 14.6. The lowest BCUT2D eigenvalue weighted by Crippen LogP contribution is -2.31. The molecule has 1 amide bonds. The van der Waals surface area contributed by atoms with Crippen molar-refractivity contribution in [2.24, 2.45) is 0 Å². The number of hydrogen-bond acceptors (Lipinski definition) is 3. The fraction of sp³-hybridized carbons (Fsp3) is 0.263. The number of carbonyl (C=O) groups is 2. The molecule has 2 aromatic rings. The lowest BCUT2D eigenvalue weighted by atomic mass is 9.96. The molecule has 0 spiro atoms. The van der Waals surface area contributed by atoms with Crippen LogP contribution in [0.25, 0.3) is 0 Å². The maximum atomic E-state index is 12.4. The maximum Gasteiger partial charge on any atom is 0.317 e. The Morgan fingerprint density at radius 3 is 2.36 bits per heavy atom. The number of hydrogen-bond donors (Lipinski definition) is 1. The van der Waals surface area contributed by atoms with Crippen LogP contribution in [0.3, 0.4) is 0 Å². The number of nitrogens with one attached hydrogen (secondary N) is 1. The number of halogens is 2. The van der Waals surface area contributed by atoms with Crippen molar-refractivity contribution in [3.8, 4) is 0 Å². The van der Waals surface area contributed by atoms with Crippen LogP contribution in [0.2, 0.25) is 10.0 Å². The Kier molecular flexibility index (Phi) is 5.30. The van der Waals surface area contributed by atoms with E-state index < -0.39 is 5.41 Å². The van der Waals surface area contributed by atoms with Gasteiger partial charge in [0.05, 0.1) is 5.41 Å². The van der Waals surface area contributed by atoms with E-state index in [0.717, 1.165) is 11.1 Å². The molecule has 0 unspecified atom stereocenters. The highest BCUT2D eigenvalue weighted by molar-refractivity contribution is 6.31. The van der Waals surface area contributed by atoms with Crippen molar-refractivity contribution in [1.82, 2.24) is 5.32 Å². The van der Waals surface area contributed by atoms with Gasteiger partial charge in [-0.15, -0.1) is 0 Å². The molecular formula is C19H17Cl2NO3. The Morgan fingerprint density at radius 2 is 1.72 bits per heavy atom. The number of benzene rings is 2. The van der Waals surface area contributed by atoms with Crippen LogP contribution in [-0.2, 0) is 26.3 Å². The largest absolute Gasteiger partial charge is 0.455 e. The van der Waals surface area contributed by atoms with Gasteiger partial charge in [0.25, 0.3) is 5.91 Å². The van der Waals surface area contributed by atoms with Crippen molar-refractivity contribution in [3.63, 3.8) is 0 Å². The minimum Gasteiger partial charge on any atom is -0.455 e. The molecular weight excluding hydrogens is 361 g/mol.